The van der Waals surface area contributed by atoms with Crippen LogP contribution in [0.4, 0.5) is 0 Å². The van der Waals surface area contributed by atoms with E-state index in [1.54, 1.807) is 0 Å². The van der Waals surface area contributed by atoms with E-state index in [2.05, 4.69) is 11.8 Å². The van der Waals surface area contributed by atoms with Gasteiger partial charge in [-0.05, 0) is 34.4 Å². The molecule has 0 heterocycles. The fourth-order valence-electron chi connectivity index (χ4n) is 1.70. The van der Waals surface area contributed by atoms with Gasteiger partial charge in [-0.25, -0.2) is 0 Å². The second kappa shape index (κ2) is 5.22. The molecule has 1 unspecified atom stereocenters. The van der Waals surface area contributed by atoms with Gasteiger partial charge < -0.3 is 9.64 Å². The summed E-state index contributed by atoms with van der Waals surface area (Å²) in [7, 11) is 4.02. The first-order valence-electron chi connectivity index (χ1n) is 4.73. The van der Waals surface area contributed by atoms with Crippen LogP contribution in [0.15, 0.2) is 0 Å². The van der Waals surface area contributed by atoms with Crippen molar-refractivity contribution in [1.82, 2.24) is 4.90 Å². The van der Waals surface area contributed by atoms with Crippen molar-refractivity contribution in [2.75, 3.05) is 14.1 Å². The van der Waals surface area contributed by atoms with Crippen molar-refractivity contribution in [2.45, 2.75) is 45.3 Å². The van der Waals surface area contributed by atoms with Gasteiger partial charge in [-0.15, -0.1) is 0 Å². The lowest BCUT2D eigenvalue weighted by molar-refractivity contribution is -0.146. The molecule has 0 spiro atoms. The van der Waals surface area contributed by atoms with E-state index in [-0.39, 0.29) is 6.04 Å². The van der Waals surface area contributed by atoms with Gasteiger partial charge in [-0.1, -0.05) is 13.3 Å². The van der Waals surface area contributed by atoms with E-state index < -0.39 is 5.60 Å². The molecule has 78 valence electrons. The number of carbonyl (C=O) groups is 1. The molecule has 1 atom stereocenters. The minimum absolute atomic E-state index is 0.280. The molecular weight excluding hydrogens is 166 g/mol. The second-order valence-corrected chi connectivity index (χ2v) is 4.09. The fraction of sp³-hybridized carbons (Fsp3) is 0.900. The first-order chi connectivity index (χ1) is 5.95. The number of hydrogen-bond acceptors (Lipinski definition) is 3. The summed E-state index contributed by atoms with van der Waals surface area (Å²) in [6, 6.07) is 0.280. The number of nitrogens with zero attached hydrogens (tertiary/aromatic N) is 1. The van der Waals surface area contributed by atoms with Gasteiger partial charge in [0.15, 0.2) is 0 Å². The Labute approximate surface area is 81.1 Å². The van der Waals surface area contributed by atoms with Crippen LogP contribution in [0, 0.1) is 0 Å². The second-order valence-electron chi connectivity index (χ2n) is 4.09. The third kappa shape index (κ3) is 3.77. The third-order valence-corrected chi connectivity index (χ3v) is 2.34. The zero-order valence-corrected chi connectivity index (χ0v) is 9.33. The van der Waals surface area contributed by atoms with Crippen LogP contribution >= 0.6 is 0 Å². The summed E-state index contributed by atoms with van der Waals surface area (Å²) in [6.45, 7) is 6.56. The van der Waals surface area contributed by atoms with Crippen molar-refractivity contribution >= 4 is 6.47 Å². The minimum Gasteiger partial charge on any atom is -0.460 e. The summed E-state index contributed by atoms with van der Waals surface area (Å²) in [5.74, 6) is 0. The van der Waals surface area contributed by atoms with Crippen LogP contribution in [0.1, 0.15) is 33.6 Å². The molecule has 0 aliphatic heterocycles. The maximum absolute atomic E-state index is 10.3. The molecule has 13 heavy (non-hydrogen) atoms. The van der Waals surface area contributed by atoms with E-state index in [9.17, 15) is 4.79 Å². The normalized spacial score (nSPS) is 14.3. The van der Waals surface area contributed by atoms with Crippen LogP contribution in [0.25, 0.3) is 0 Å². The third-order valence-electron chi connectivity index (χ3n) is 2.34. The Morgan fingerprint density at radius 2 is 2.00 bits per heavy atom. The van der Waals surface area contributed by atoms with Crippen LogP contribution in [0.2, 0.25) is 0 Å². The van der Waals surface area contributed by atoms with Crippen molar-refractivity contribution in [3.63, 3.8) is 0 Å². The molecule has 0 saturated heterocycles. The molecule has 3 heteroatoms. The topological polar surface area (TPSA) is 29.5 Å². The lowest BCUT2D eigenvalue weighted by atomic mass is 9.93. The van der Waals surface area contributed by atoms with Crippen molar-refractivity contribution in [3.8, 4) is 0 Å². The van der Waals surface area contributed by atoms with Gasteiger partial charge in [0, 0.05) is 6.04 Å². The minimum atomic E-state index is -0.402. The first-order valence-corrected chi connectivity index (χ1v) is 4.73. The van der Waals surface area contributed by atoms with Gasteiger partial charge in [0.2, 0.25) is 0 Å². The molecular formula is C10H21NO2. The highest BCUT2D eigenvalue weighted by Gasteiger charge is 2.31. The highest BCUT2D eigenvalue weighted by Crippen LogP contribution is 2.21. The van der Waals surface area contributed by atoms with Crippen LogP contribution in [0.5, 0.6) is 0 Å². The maximum atomic E-state index is 10.3. The SMILES string of the molecule is CCCC(N(C)C)C(C)(C)OC=O. The molecule has 0 amide bonds. The fourth-order valence-corrected chi connectivity index (χ4v) is 1.70. The lowest BCUT2D eigenvalue weighted by Crippen LogP contribution is -2.47. The van der Waals surface area contributed by atoms with Gasteiger partial charge in [-0.2, -0.15) is 0 Å². The van der Waals surface area contributed by atoms with Crippen molar-refractivity contribution in [3.05, 3.63) is 0 Å². The van der Waals surface area contributed by atoms with Crippen molar-refractivity contribution < 1.29 is 9.53 Å². The van der Waals surface area contributed by atoms with Gasteiger partial charge in [0.05, 0.1) is 0 Å². The Hall–Kier alpha value is -0.570. The number of hydrogen-bond donors (Lipinski definition) is 0. The highest BCUT2D eigenvalue weighted by molar-refractivity contribution is 5.38. The van der Waals surface area contributed by atoms with Gasteiger partial charge in [-0.3, -0.25) is 4.79 Å². The summed E-state index contributed by atoms with van der Waals surface area (Å²) in [6.07, 6.45) is 2.13. The quantitative estimate of drug-likeness (QED) is 0.592. The molecule has 0 aromatic heterocycles. The molecule has 0 rings (SSSR count). The number of ether oxygens (including phenoxy) is 1. The highest BCUT2D eigenvalue weighted by atomic mass is 16.5. The summed E-state index contributed by atoms with van der Waals surface area (Å²) in [4.78, 5) is 12.4. The van der Waals surface area contributed by atoms with Crippen LogP contribution in [-0.4, -0.2) is 37.1 Å². The van der Waals surface area contributed by atoms with Crippen molar-refractivity contribution in [1.29, 1.82) is 0 Å². The largest absolute Gasteiger partial charge is 0.460 e. The summed E-state index contributed by atoms with van der Waals surface area (Å²) >= 11 is 0. The molecule has 0 aliphatic rings. The molecule has 0 N–H and O–H groups in total. The van der Waals surface area contributed by atoms with E-state index in [0.717, 1.165) is 12.8 Å². The zero-order chi connectivity index (χ0) is 10.5. The first kappa shape index (κ1) is 12.4. The van der Waals surface area contributed by atoms with Gasteiger partial charge >= 0.3 is 0 Å². The van der Waals surface area contributed by atoms with E-state index in [1.165, 1.54) is 0 Å². The molecule has 0 bridgehead atoms. The smallest absolute Gasteiger partial charge is 0.293 e. The summed E-state index contributed by atoms with van der Waals surface area (Å²) < 4.78 is 5.08. The summed E-state index contributed by atoms with van der Waals surface area (Å²) in [5.41, 5.74) is -0.402. The lowest BCUT2D eigenvalue weighted by Gasteiger charge is -2.37. The van der Waals surface area contributed by atoms with E-state index in [4.69, 9.17) is 4.74 Å². The Balaban J connectivity index is 4.40. The standard InChI is InChI=1S/C10H21NO2/c1-6-7-9(11(4)5)10(2,3)13-8-12/h8-9H,6-7H2,1-5H3. The zero-order valence-electron chi connectivity index (χ0n) is 9.33. The molecule has 0 saturated carbocycles. The Kier molecular flexibility index (Phi) is 4.99. The van der Waals surface area contributed by atoms with Gasteiger partial charge in [0.25, 0.3) is 6.47 Å². The van der Waals surface area contributed by atoms with E-state index in [0.29, 0.717) is 6.47 Å². The van der Waals surface area contributed by atoms with Crippen LogP contribution < -0.4 is 0 Å². The number of carbonyl (C=O) groups excluding carboxylic acids is 1. The predicted molar refractivity (Wildman–Crippen MR) is 53.6 cm³/mol. The molecule has 0 radical (unpaired) electrons. The Morgan fingerprint density at radius 1 is 1.46 bits per heavy atom. The predicted octanol–water partition coefficient (Wildman–Crippen LogP) is 1.67. The summed E-state index contributed by atoms with van der Waals surface area (Å²) in [5, 5.41) is 0. The van der Waals surface area contributed by atoms with Crippen molar-refractivity contribution in [2.24, 2.45) is 0 Å². The molecule has 0 aliphatic carbocycles. The average molecular weight is 187 g/mol. The average Bonchev–Trinajstić information content (AvgIpc) is 1.99. The van der Waals surface area contributed by atoms with Gasteiger partial charge in [0.1, 0.15) is 5.60 Å². The van der Waals surface area contributed by atoms with E-state index in [1.807, 2.05) is 27.9 Å². The number of rotatable bonds is 6. The maximum Gasteiger partial charge on any atom is 0.293 e. The molecule has 3 nitrogen and oxygen atoms in total. The monoisotopic (exact) mass is 187 g/mol. The van der Waals surface area contributed by atoms with E-state index >= 15 is 0 Å². The van der Waals surface area contributed by atoms with Crippen LogP contribution in [0.3, 0.4) is 0 Å². The van der Waals surface area contributed by atoms with Crippen LogP contribution in [-0.2, 0) is 9.53 Å². The molecule has 0 aromatic rings. The Bertz CT molecular complexity index is 155. The molecule has 0 fully saturated rings. The number of likely N-dealkylation sites (N-methyl/N-ethyl adjacent to an activating group) is 1. The molecule has 0 aromatic carbocycles. The Morgan fingerprint density at radius 3 is 2.31 bits per heavy atom.